The molecular formula is C13H13F3N4O3S. The van der Waals surface area contributed by atoms with E-state index in [4.69, 9.17) is 26.4 Å². The molecule has 1 heterocycles. The predicted molar refractivity (Wildman–Crippen MR) is 81.5 cm³/mol. The number of hydrogen-bond acceptors (Lipinski definition) is 6. The van der Waals surface area contributed by atoms with E-state index in [1.807, 2.05) is 0 Å². The molecule has 11 heteroatoms. The number of H-pyrrole nitrogens is 1. The van der Waals surface area contributed by atoms with Crippen molar-refractivity contribution in [1.29, 1.82) is 0 Å². The van der Waals surface area contributed by atoms with Gasteiger partial charge in [-0.2, -0.15) is 22.9 Å². The van der Waals surface area contributed by atoms with Crippen LogP contribution in [0.3, 0.4) is 0 Å². The Morgan fingerprint density at radius 3 is 2.21 bits per heavy atom. The molecule has 1 aromatic carbocycles. The Bertz CT molecular complexity index is 789. The van der Waals surface area contributed by atoms with Crippen LogP contribution in [-0.2, 0) is 6.18 Å². The topological polar surface area (TPSA) is 73.7 Å². The van der Waals surface area contributed by atoms with Crippen molar-refractivity contribution in [3.63, 3.8) is 0 Å². The molecule has 0 saturated heterocycles. The average molecular weight is 362 g/mol. The van der Waals surface area contributed by atoms with Crippen molar-refractivity contribution in [2.75, 3.05) is 21.3 Å². The van der Waals surface area contributed by atoms with Crippen LogP contribution >= 0.6 is 12.2 Å². The van der Waals surface area contributed by atoms with Crippen LogP contribution in [0.25, 0.3) is 0 Å². The fraction of sp³-hybridized carbons (Fsp3) is 0.308. The Balaban J connectivity index is 2.47. The molecular weight excluding hydrogens is 349 g/mol. The van der Waals surface area contributed by atoms with Gasteiger partial charge in [0.1, 0.15) is 0 Å². The van der Waals surface area contributed by atoms with Gasteiger partial charge in [0.2, 0.25) is 10.5 Å². The van der Waals surface area contributed by atoms with Gasteiger partial charge in [0.15, 0.2) is 11.5 Å². The first kappa shape index (κ1) is 17.8. The van der Waals surface area contributed by atoms with Crippen LogP contribution < -0.4 is 14.2 Å². The summed E-state index contributed by atoms with van der Waals surface area (Å²) in [4.78, 5) is 0. The Morgan fingerprint density at radius 2 is 1.75 bits per heavy atom. The maximum absolute atomic E-state index is 12.8. The normalized spacial score (nSPS) is 11.8. The van der Waals surface area contributed by atoms with E-state index < -0.39 is 12.0 Å². The first-order valence-corrected chi connectivity index (χ1v) is 6.81. The minimum atomic E-state index is -4.69. The van der Waals surface area contributed by atoms with E-state index in [9.17, 15) is 13.2 Å². The van der Waals surface area contributed by atoms with Crippen molar-refractivity contribution < 1.29 is 27.4 Å². The quantitative estimate of drug-likeness (QED) is 0.654. The van der Waals surface area contributed by atoms with E-state index in [1.165, 1.54) is 39.7 Å². The standard InChI is InChI=1S/C13H13F3N4O3S/c1-21-8-4-7(5-9(22-2)10(8)23-3)6-17-20-11(13(14,15)16)18-19-12(20)24/h4-6H,1-3H3,(H,19,24). The van der Waals surface area contributed by atoms with Gasteiger partial charge >= 0.3 is 6.18 Å². The molecule has 0 aliphatic carbocycles. The van der Waals surface area contributed by atoms with Crippen molar-refractivity contribution in [2.45, 2.75) is 6.18 Å². The number of rotatable bonds is 5. The number of alkyl halides is 3. The van der Waals surface area contributed by atoms with Gasteiger partial charge in [0.05, 0.1) is 27.5 Å². The van der Waals surface area contributed by atoms with Gasteiger partial charge in [-0.15, -0.1) is 5.10 Å². The zero-order valence-corrected chi connectivity index (χ0v) is 13.7. The summed E-state index contributed by atoms with van der Waals surface area (Å²) in [5.74, 6) is -0.223. The van der Waals surface area contributed by atoms with Crippen LogP contribution in [0.1, 0.15) is 11.4 Å². The highest BCUT2D eigenvalue weighted by atomic mass is 32.1. The number of benzene rings is 1. The molecule has 0 spiro atoms. The van der Waals surface area contributed by atoms with E-state index >= 15 is 0 Å². The third kappa shape index (κ3) is 3.50. The number of halogens is 3. The molecule has 130 valence electrons. The van der Waals surface area contributed by atoms with Gasteiger partial charge < -0.3 is 14.2 Å². The van der Waals surface area contributed by atoms with Crippen molar-refractivity contribution >= 4 is 18.4 Å². The third-order valence-corrected chi connectivity index (χ3v) is 3.18. The molecule has 0 aliphatic heterocycles. The molecule has 24 heavy (non-hydrogen) atoms. The number of hydrogen-bond donors (Lipinski definition) is 1. The van der Waals surface area contributed by atoms with Gasteiger partial charge in [-0.25, -0.2) is 5.10 Å². The summed E-state index contributed by atoms with van der Waals surface area (Å²) in [6, 6.07) is 3.06. The van der Waals surface area contributed by atoms with Crippen molar-refractivity contribution in [2.24, 2.45) is 5.10 Å². The second-order valence-corrected chi connectivity index (χ2v) is 4.75. The zero-order chi connectivity index (χ0) is 17.9. The minimum Gasteiger partial charge on any atom is -0.493 e. The number of methoxy groups -OCH3 is 3. The second-order valence-electron chi connectivity index (χ2n) is 4.37. The Labute approximate surface area is 139 Å². The molecule has 0 bridgehead atoms. The van der Waals surface area contributed by atoms with Gasteiger partial charge in [-0.3, -0.25) is 0 Å². The molecule has 0 unspecified atom stereocenters. The summed E-state index contributed by atoms with van der Waals surface area (Å²) in [5.41, 5.74) is 0.417. The summed E-state index contributed by atoms with van der Waals surface area (Å²) in [6.07, 6.45) is -3.52. The largest absolute Gasteiger partial charge is 0.493 e. The molecule has 2 aromatic rings. The van der Waals surface area contributed by atoms with Crippen LogP contribution in [0.5, 0.6) is 17.2 Å². The molecule has 0 atom stereocenters. The molecule has 1 aromatic heterocycles. The molecule has 0 amide bonds. The molecule has 7 nitrogen and oxygen atoms in total. The van der Waals surface area contributed by atoms with Gasteiger partial charge in [0.25, 0.3) is 5.82 Å². The lowest BCUT2D eigenvalue weighted by atomic mass is 10.2. The van der Waals surface area contributed by atoms with Crippen molar-refractivity contribution in [1.82, 2.24) is 14.9 Å². The lowest BCUT2D eigenvalue weighted by Gasteiger charge is -2.12. The highest BCUT2D eigenvalue weighted by Gasteiger charge is 2.37. The average Bonchev–Trinajstić information content (AvgIpc) is 2.92. The molecule has 1 N–H and O–H groups in total. The summed E-state index contributed by atoms with van der Waals surface area (Å²) in [6.45, 7) is 0. The van der Waals surface area contributed by atoms with E-state index in [1.54, 1.807) is 0 Å². The SMILES string of the molecule is COc1cc(C=Nn2c(C(F)(F)F)n[nH]c2=S)cc(OC)c1OC. The lowest BCUT2D eigenvalue weighted by Crippen LogP contribution is -2.12. The summed E-state index contributed by atoms with van der Waals surface area (Å²) >= 11 is 4.76. The second kappa shape index (κ2) is 6.91. The van der Waals surface area contributed by atoms with Crippen LogP contribution in [0.2, 0.25) is 0 Å². The van der Waals surface area contributed by atoms with Gasteiger partial charge in [0, 0.05) is 5.56 Å². The monoisotopic (exact) mass is 362 g/mol. The number of aromatic nitrogens is 3. The first-order valence-electron chi connectivity index (χ1n) is 6.40. The number of nitrogens with one attached hydrogen (secondary N) is 1. The van der Waals surface area contributed by atoms with Crippen LogP contribution in [0.4, 0.5) is 13.2 Å². The van der Waals surface area contributed by atoms with Crippen LogP contribution in [0.15, 0.2) is 17.2 Å². The first-order chi connectivity index (χ1) is 11.3. The van der Waals surface area contributed by atoms with Crippen molar-refractivity contribution in [3.05, 3.63) is 28.3 Å². The van der Waals surface area contributed by atoms with Crippen LogP contribution in [-0.4, -0.2) is 42.4 Å². The molecule has 2 rings (SSSR count). The Kier molecular flexibility index (Phi) is 5.12. The van der Waals surface area contributed by atoms with Gasteiger partial charge in [-0.05, 0) is 24.4 Å². The van der Waals surface area contributed by atoms with Crippen molar-refractivity contribution in [3.8, 4) is 17.2 Å². The predicted octanol–water partition coefficient (Wildman–Crippen LogP) is 2.87. The Morgan fingerprint density at radius 1 is 1.17 bits per heavy atom. The summed E-state index contributed by atoms with van der Waals surface area (Å²) in [7, 11) is 4.28. The van der Waals surface area contributed by atoms with E-state index in [0.29, 0.717) is 27.5 Å². The van der Waals surface area contributed by atoms with E-state index in [-0.39, 0.29) is 4.77 Å². The van der Waals surface area contributed by atoms with E-state index in [0.717, 1.165) is 0 Å². The number of ether oxygens (including phenoxy) is 3. The Hall–Kier alpha value is -2.56. The number of nitrogens with zero attached hydrogens (tertiary/aromatic N) is 3. The fourth-order valence-electron chi connectivity index (χ4n) is 1.88. The fourth-order valence-corrected chi connectivity index (χ4v) is 2.06. The maximum Gasteiger partial charge on any atom is 0.453 e. The minimum absolute atomic E-state index is 0.286. The summed E-state index contributed by atoms with van der Waals surface area (Å²) < 4.78 is 54.2. The maximum atomic E-state index is 12.8. The van der Waals surface area contributed by atoms with Crippen LogP contribution in [0, 0.1) is 4.77 Å². The molecule has 0 radical (unpaired) electrons. The molecule has 0 fully saturated rings. The molecule has 0 saturated carbocycles. The number of aromatic amines is 1. The zero-order valence-electron chi connectivity index (χ0n) is 12.8. The van der Waals surface area contributed by atoms with E-state index in [2.05, 4.69) is 15.3 Å². The molecule has 0 aliphatic rings. The third-order valence-electron chi connectivity index (χ3n) is 2.91. The summed E-state index contributed by atoms with van der Waals surface area (Å²) in [5, 5.41) is 8.92. The smallest absolute Gasteiger partial charge is 0.453 e. The highest BCUT2D eigenvalue weighted by molar-refractivity contribution is 7.71. The van der Waals surface area contributed by atoms with Gasteiger partial charge in [-0.1, -0.05) is 0 Å². The highest BCUT2D eigenvalue weighted by Crippen LogP contribution is 2.37. The lowest BCUT2D eigenvalue weighted by molar-refractivity contribution is -0.147.